The molecule has 0 amide bonds. The Labute approximate surface area is 108 Å². The zero-order valence-electron chi connectivity index (χ0n) is 10.9. The van der Waals surface area contributed by atoms with Gasteiger partial charge >= 0.3 is 0 Å². The van der Waals surface area contributed by atoms with Crippen molar-refractivity contribution in [3.8, 4) is 0 Å². The van der Waals surface area contributed by atoms with Gasteiger partial charge in [-0.15, -0.1) is 0 Å². The van der Waals surface area contributed by atoms with Gasteiger partial charge in [0, 0.05) is 12.5 Å². The van der Waals surface area contributed by atoms with E-state index < -0.39 is 0 Å². The Balaban J connectivity index is 1.72. The minimum Gasteiger partial charge on any atom is -0.478 e. The van der Waals surface area contributed by atoms with E-state index in [-0.39, 0.29) is 6.04 Å². The molecular formula is C15H20N2O. The average Bonchev–Trinajstić information content (AvgIpc) is 2.90. The van der Waals surface area contributed by atoms with Gasteiger partial charge < -0.3 is 10.1 Å². The van der Waals surface area contributed by atoms with Crippen LogP contribution in [0.4, 0.5) is 0 Å². The minimum absolute atomic E-state index is 0.197. The van der Waals surface area contributed by atoms with Gasteiger partial charge in [-0.2, -0.15) is 0 Å². The second kappa shape index (κ2) is 5.11. The van der Waals surface area contributed by atoms with E-state index in [9.17, 15) is 0 Å². The molecule has 0 aliphatic carbocycles. The fraction of sp³-hybridized carbons (Fsp3) is 0.533. The first kappa shape index (κ1) is 11.7. The van der Waals surface area contributed by atoms with Crippen molar-refractivity contribution in [3.05, 3.63) is 35.4 Å². The third-order valence-electron chi connectivity index (χ3n) is 3.78. The number of nitrogens with one attached hydrogen (secondary N) is 1. The van der Waals surface area contributed by atoms with Crippen LogP contribution in [-0.2, 0) is 4.74 Å². The van der Waals surface area contributed by atoms with E-state index in [1.165, 1.54) is 24.0 Å². The molecule has 1 aromatic rings. The number of ether oxygens (including phenoxy) is 1. The van der Waals surface area contributed by atoms with Crippen molar-refractivity contribution in [2.24, 2.45) is 10.9 Å². The van der Waals surface area contributed by atoms with Crippen molar-refractivity contribution in [2.75, 3.05) is 19.7 Å². The standard InChI is InChI=1S/C15H20N2O/c1-11-4-6-12(7-5-11)14-10-18-15(17-14)13-3-2-8-16-9-13/h4-7,13-14,16H,2-3,8-10H2,1H3. The van der Waals surface area contributed by atoms with Crippen LogP contribution in [0.25, 0.3) is 0 Å². The van der Waals surface area contributed by atoms with Gasteiger partial charge in [-0.25, -0.2) is 4.99 Å². The second-order valence-electron chi connectivity index (χ2n) is 5.25. The summed E-state index contributed by atoms with van der Waals surface area (Å²) in [5, 5.41) is 3.41. The zero-order valence-corrected chi connectivity index (χ0v) is 10.9. The fourth-order valence-corrected chi connectivity index (χ4v) is 2.64. The molecular weight excluding hydrogens is 224 g/mol. The Bertz CT molecular complexity index is 432. The SMILES string of the molecule is Cc1ccc(C2COC(C3CCCNC3)=N2)cc1. The van der Waals surface area contributed by atoms with Crippen LogP contribution in [0.1, 0.15) is 30.0 Å². The first-order valence-corrected chi connectivity index (χ1v) is 6.81. The smallest absolute Gasteiger partial charge is 0.188 e. The summed E-state index contributed by atoms with van der Waals surface area (Å²) >= 11 is 0. The topological polar surface area (TPSA) is 33.6 Å². The number of nitrogens with zero attached hydrogens (tertiary/aromatic N) is 1. The first-order valence-electron chi connectivity index (χ1n) is 6.81. The highest BCUT2D eigenvalue weighted by Crippen LogP contribution is 2.27. The maximum atomic E-state index is 5.80. The lowest BCUT2D eigenvalue weighted by Gasteiger charge is -2.21. The lowest BCUT2D eigenvalue weighted by molar-refractivity contribution is 0.286. The lowest BCUT2D eigenvalue weighted by Crippen LogP contribution is -2.34. The van der Waals surface area contributed by atoms with Crippen molar-refractivity contribution >= 4 is 5.90 Å². The molecule has 2 aliphatic heterocycles. The summed E-state index contributed by atoms with van der Waals surface area (Å²) in [6.07, 6.45) is 2.43. The van der Waals surface area contributed by atoms with Crippen molar-refractivity contribution in [2.45, 2.75) is 25.8 Å². The van der Waals surface area contributed by atoms with Crippen molar-refractivity contribution < 1.29 is 4.74 Å². The molecule has 2 atom stereocenters. The molecule has 3 rings (SSSR count). The predicted molar refractivity (Wildman–Crippen MR) is 72.9 cm³/mol. The molecule has 1 saturated heterocycles. The van der Waals surface area contributed by atoms with E-state index in [1.54, 1.807) is 0 Å². The maximum absolute atomic E-state index is 5.80. The summed E-state index contributed by atoms with van der Waals surface area (Å²) in [6.45, 7) is 4.96. The first-order chi connectivity index (χ1) is 8.83. The number of rotatable bonds is 2. The van der Waals surface area contributed by atoms with Gasteiger partial charge in [-0.1, -0.05) is 29.8 Å². The van der Waals surface area contributed by atoms with Gasteiger partial charge in [-0.05, 0) is 31.9 Å². The van der Waals surface area contributed by atoms with E-state index >= 15 is 0 Å². The summed E-state index contributed by atoms with van der Waals surface area (Å²) in [4.78, 5) is 4.77. The molecule has 0 radical (unpaired) electrons. The monoisotopic (exact) mass is 244 g/mol. The quantitative estimate of drug-likeness (QED) is 0.867. The van der Waals surface area contributed by atoms with Gasteiger partial charge in [0.05, 0.1) is 0 Å². The predicted octanol–water partition coefficient (Wildman–Crippen LogP) is 2.46. The van der Waals surface area contributed by atoms with E-state index in [1.807, 2.05) is 0 Å². The van der Waals surface area contributed by atoms with Gasteiger partial charge in [0.25, 0.3) is 0 Å². The highest BCUT2D eigenvalue weighted by atomic mass is 16.5. The molecule has 2 aliphatic rings. The normalized spacial score (nSPS) is 27.7. The molecule has 96 valence electrons. The molecule has 0 bridgehead atoms. The molecule has 18 heavy (non-hydrogen) atoms. The minimum atomic E-state index is 0.197. The molecule has 2 heterocycles. The van der Waals surface area contributed by atoms with Gasteiger partial charge in [0.1, 0.15) is 12.6 Å². The summed E-state index contributed by atoms with van der Waals surface area (Å²) in [5.41, 5.74) is 2.55. The molecule has 1 aromatic carbocycles. The molecule has 1 N–H and O–H groups in total. The highest BCUT2D eigenvalue weighted by molar-refractivity contribution is 5.80. The Morgan fingerprint density at radius 1 is 1.28 bits per heavy atom. The van der Waals surface area contributed by atoms with E-state index in [0.717, 1.165) is 19.0 Å². The zero-order chi connectivity index (χ0) is 12.4. The van der Waals surface area contributed by atoms with Crippen LogP contribution in [0.5, 0.6) is 0 Å². The van der Waals surface area contributed by atoms with Crippen LogP contribution >= 0.6 is 0 Å². The van der Waals surface area contributed by atoms with Crippen LogP contribution in [0.15, 0.2) is 29.3 Å². The van der Waals surface area contributed by atoms with Gasteiger partial charge in [0.2, 0.25) is 0 Å². The molecule has 0 spiro atoms. The average molecular weight is 244 g/mol. The molecule has 1 fully saturated rings. The van der Waals surface area contributed by atoms with Crippen molar-refractivity contribution in [1.29, 1.82) is 0 Å². The summed E-state index contributed by atoms with van der Waals surface area (Å²) in [6, 6.07) is 8.81. The number of piperidine rings is 1. The van der Waals surface area contributed by atoms with Crippen LogP contribution in [-0.4, -0.2) is 25.6 Å². The molecule has 2 unspecified atom stereocenters. The number of hydrogen-bond acceptors (Lipinski definition) is 3. The Morgan fingerprint density at radius 3 is 2.83 bits per heavy atom. The third kappa shape index (κ3) is 2.41. The summed E-state index contributed by atoms with van der Waals surface area (Å²) in [7, 11) is 0. The molecule has 3 nitrogen and oxygen atoms in total. The Kier molecular flexibility index (Phi) is 3.33. The lowest BCUT2D eigenvalue weighted by atomic mass is 9.99. The van der Waals surface area contributed by atoms with E-state index in [2.05, 4.69) is 36.5 Å². The van der Waals surface area contributed by atoms with Gasteiger partial charge in [-0.3, -0.25) is 0 Å². The number of hydrogen-bond donors (Lipinski definition) is 1. The third-order valence-corrected chi connectivity index (χ3v) is 3.78. The van der Waals surface area contributed by atoms with Crippen LogP contribution in [0, 0.1) is 12.8 Å². The van der Waals surface area contributed by atoms with Crippen molar-refractivity contribution in [1.82, 2.24) is 5.32 Å². The maximum Gasteiger partial charge on any atom is 0.188 e. The van der Waals surface area contributed by atoms with Crippen LogP contribution in [0.3, 0.4) is 0 Å². The molecule has 3 heteroatoms. The Hall–Kier alpha value is -1.35. The Morgan fingerprint density at radius 2 is 2.11 bits per heavy atom. The highest BCUT2D eigenvalue weighted by Gasteiger charge is 2.27. The molecule has 0 aromatic heterocycles. The van der Waals surface area contributed by atoms with Crippen LogP contribution in [0.2, 0.25) is 0 Å². The number of benzene rings is 1. The van der Waals surface area contributed by atoms with Crippen molar-refractivity contribution in [3.63, 3.8) is 0 Å². The van der Waals surface area contributed by atoms with E-state index in [0.29, 0.717) is 12.5 Å². The number of aryl methyl sites for hydroxylation is 1. The fourth-order valence-electron chi connectivity index (χ4n) is 2.64. The number of aliphatic imine (C=N–C) groups is 1. The van der Waals surface area contributed by atoms with Crippen LogP contribution < -0.4 is 5.32 Å². The summed E-state index contributed by atoms with van der Waals surface area (Å²) in [5.74, 6) is 1.45. The van der Waals surface area contributed by atoms with Gasteiger partial charge in [0.15, 0.2) is 5.90 Å². The summed E-state index contributed by atoms with van der Waals surface area (Å²) < 4.78 is 5.80. The molecule has 0 saturated carbocycles. The van der Waals surface area contributed by atoms with E-state index in [4.69, 9.17) is 9.73 Å². The largest absolute Gasteiger partial charge is 0.478 e. The second-order valence-corrected chi connectivity index (χ2v) is 5.25.